The number of hydrogen-bond acceptors (Lipinski definition) is 6. The fraction of sp³-hybridized carbons (Fsp3) is 0.0741. The Hall–Kier alpha value is -3.88. The molecule has 0 saturated carbocycles. The van der Waals surface area contributed by atoms with Crippen molar-refractivity contribution in [2.24, 2.45) is 10.1 Å². The third-order valence-electron chi connectivity index (χ3n) is 5.85. The first-order valence-corrected chi connectivity index (χ1v) is 12.5. The molecule has 1 atom stereocenters. The summed E-state index contributed by atoms with van der Waals surface area (Å²) in [6.07, 6.45) is -0.689. The maximum Gasteiger partial charge on any atom is 0.276 e. The molecule has 178 valence electrons. The lowest BCUT2D eigenvalue weighted by molar-refractivity contribution is -0.116. The van der Waals surface area contributed by atoms with E-state index in [9.17, 15) is 9.18 Å². The van der Waals surface area contributed by atoms with Crippen molar-refractivity contribution in [2.75, 3.05) is 0 Å². The number of fused-ring (bicyclic) bond motifs is 2. The number of nitrogens with one attached hydrogen (secondary N) is 1. The largest absolute Gasteiger partial charge is 0.457 e. The number of thioether (sulfide) groups is 1. The van der Waals surface area contributed by atoms with Crippen molar-refractivity contribution in [1.82, 2.24) is 10.3 Å². The molecule has 6 rings (SSSR count). The van der Waals surface area contributed by atoms with Gasteiger partial charge in [0, 0.05) is 21.6 Å². The van der Waals surface area contributed by atoms with Crippen LogP contribution in [0.15, 0.2) is 99.4 Å². The highest BCUT2D eigenvalue weighted by Gasteiger charge is 2.36. The van der Waals surface area contributed by atoms with Crippen molar-refractivity contribution >= 4 is 40.1 Å². The van der Waals surface area contributed by atoms with Gasteiger partial charge in [-0.15, -0.1) is 5.10 Å². The van der Waals surface area contributed by atoms with Crippen LogP contribution >= 0.6 is 23.4 Å². The first-order valence-electron chi connectivity index (χ1n) is 11.1. The predicted molar refractivity (Wildman–Crippen MR) is 138 cm³/mol. The number of carbonyl (C=O) groups is 1. The number of hydrogen-bond donors (Lipinski definition) is 1. The quantitative estimate of drug-likeness (QED) is 0.422. The van der Waals surface area contributed by atoms with Crippen LogP contribution in [0.3, 0.4) is 0 Å². The first kappa shape index (κ1) is 22.6. The number of para-hydroxylation sites is 1. The maximum atomic E-state index is 13.4. The van der Waals surface area contributed by atoms with Gasteiger partial charge in [-0.1, -0.05) is 59.8 Å². The minimum absolute atomic E-state index is 0.274. The van der Waals surface area contributed by atoms with Gasteiger partial charge in [0.15, 0.2) is 10.9 Å². The maximum absolute atomic E-state index is 13.4. The van der Waals surface area contributed by atoms with Gasteiger partial charge in [-0.05, 0) is 54.1 Å². The minimum atomic E-state index is -0.689. The summed E-state index contributed by atoms with van der Waals surface area (Å²) in [5, 5.41) is 11.7. The summed E-state index contributed by atoms with van der Waals surface area (Å²) in [7, 11) is 0. The number of benzene rings is 3. The molecule has 0 fully saturated rings. The standard InChI is InChI=1S/C27H18ClFN4O2S/c28-20-7-3-1-5-17(20)15-36-27-31-26(34)24-19-6-2-4-8-21(19)30-25(33(24)32-27)23-14-13-22(35-23)16-9-11-18(29)12-10-16/h1-14,25H,15H2,(H,31,32,34). The number of amidine groups is 1. The van der Waals surface area contributed by atoms with E-state index < -0.39 is 6.17 Å². The first-order chi connectivity index (χ1) is 17.6. The van der Waals surface area contributed by atoms with Crippen molar-refractivity contribution < 1.29 is 13.6 Å². The molecule has 1 amide bonds. The summed E-state index contributed by atoms with van der Waals surface area (Å²) in [6.45, 7) is 0. The second-order valence-corrected chi connectivity index (χ2v) is 9.53. The molecule has 2 aliphatic heterocycles. The Labute approximate surface area is 214 Å². The Bertz CT molecular complexity index is 1630. The third-order valence-corrected chi connectivity index (χ3v) is 7.13. The molecule has 3 heterocycles. The third kappa shape index (κ3) is 4.19. The summed E-state index contributed by atoms with van der Waals surface area (Å²) in [5.74, 6) is 1.02. The van der Waals surface area contributed by atoms with Gasteiger partial charge in [-0.25, -0.2) is 14.4 Å². The van der Waals surface area contributed by atoms with Crippen molar-refractivity contribution in [3.8, 4) is 11.3 Å². The number of rotatable bonds is 4. The summed E-state index contributed by atoms with van der Waals surface area (Å²) in [6, 6.07) is 24.7. The summed E-state index contributed by atoms with van der Waals surface area (Å²) in [5.41, 5.74) is 2.07. The Kier molecular flexibility index (Phi) is 5.83. The highest BCUT2D eigenvalue weighted by atomic mass is 35.5. The molecule has 2 aliphatic rings. The molecule has 0 aliphatic carbocycles. The molecule has 3 aromatic carbocycles. The lowest BCUT2D eigenvalue weighted by Gasteiger charge is -2.32. The van der Waals surface area contributed by atoms with Crippen LogP contribution in [0.5, 0.6) is 0 Å². The summed E-state index contributed by atoms with van der Waals surface area (Å²) >= 11 is 7.68. The van der Waals surface area contributed by atoms with Gasteiger partial charge < -0.3 is 4.42 Å². The molecule has 0 radical (unpaired) electrons. The smallest absolute Gasteiger partial charge is 0.276 e. The van der Waals surface area contributed by atoms with Crippen LogP contribution in [0.2, 0.25) is 5.02 Å². The van der Waals surface area contributed by atoms with Gasteiger partial charge in [0.25, 0.3) is 5.91 Å². The molecular formula is C27H18ClFN4O2S. The minimum Gasteiger partial charge on any atom is -0.457 e. The highest BCUT2D eigenvalue weighted by molar-refractivity contribution is 8.13. The second-order valence-electron chi connectivity index (χ2n) is 8.16. The SMILES string of the molecule is O=C1NC(SCc2ccccc2Cl)=NN2C1=c1ccccc1=NC2c1ccc(-c2ccc(F)cc2)o1. The summed E-state index contributed by atoms with van der Waals surface area (Å²) < 4.78 is 19.5. The number of furan rings is 1. The lowest BCUT2D eigenvalue weighted by atomic mass is 10.1. The van der Waals surface area contributed by atoms with Gasteiger partial charge in [-0.3, -0.25) is 10.1 Å². The fourth-order valence-corrected chi connectivity index (χ4v) is 5.24. The Morgan fingerprint density at radius 1 is 1.00 bits per heavy atom. The zero-order valence-electron chi connectivity index (χ0n) is 18.7. The van der Waals surface area contributed by atoms with E-state index in [0.717, 1.165) is 11.1 Å². The van der Waals surface area contributed by atoms with E-state index in [1.807, 2.05) is 48.5 Å². The number of hydrazone groups is 1. The summed E-state index contributed by atoms with van der Waals surface area (Å²) in [4.78, 5) is 18.2. The van der Waals surface area contributed by atoms with Crippen molar-refractivity contribution in [1.29, 1.82) is 0 Å². The van der Waals surface area contributed by atoms with Crippen LogP contribution in [0.1, 0.15) is 17.5 Å². The van der Waals surface area contributed by atoms with E-state index in [1.54, 1.807) is 29.3 Å². The predicted octanol–water partition coefficient (Wildman–Crippen LogP) is 4.82. The average molecular weight is 517 g/mol. The number of carbonyl (C=O) groups excluding carboxylic acids is 1. The Morgan fingerprint density at radius 2 is 1.78 bits per heavy atom. The van der Waals surface area contributed by atoms with Crippen LogP contribution in [-0.2, 0) is 10.5 Å². The van der Waals surface area contributed by atoms with Crippen molar-refractivity contribution in [2.45, 2.75) is 11.9 Å². The van der Waals surface area contributed by atoms with Gasteiger partial charge in [0.05, 0.1) is 5.36 Å². The molecule has 0 bridgehead atoms. The van der Waals surface area contributed by atoms with E-state index in [4.69, 9.17) is 26.1 Å². The van der Waals surface area contributed by atoms with Crippen LogP contribution in [0, 0.1) is 5.82 Å². The van der Waals surface area contributed by atoms with Crippen LogP contribution in [0.25, 0.3) is 17.0 Å². The Morgan fingerprint density at radius 3 is 2.61 bits per heavy atom. The van der Waals surface area contributed by atoms with Gasteiger partial charge in [0.1, 0.15) is 17.3 Å². The monoisotopic (exact) mass is 516 g/mol. The van der Waals surface area contributed by atoms with Crippen molar-refractivity contribution in [3.05, 3.63) is 118 Å². The molecule has 6 nitrogen and oxygen atoms in total. The number of halogens is 2. The molecule has 1 unspecified atom stereocenters. The molecule has 4 aromatic rings. The molecule has 1 N–H and O–H groups in total. The molecule has 36 heavy (non-hydrogen) atoms. The normalized spacial score (nSPS) is 16.6. The van der Waals surface area contributed by atoms with Crippen LogP contribution in [-0.4, -0.2) is 16.1 Å². The molecular weight excluding hydrogens is 499 g/mol. The van der Waals surface area contributed by atoms with E-state index in [0.29, 0.717) is 43.7 Å². The van der Waals surface area contributed by atoms with Crippen molar-refractivity contribution in [3.63, 3.8) is 0 Å². The van der Waals surface area contributed by atoms with E-state index in [-0.39, 0.29) is 11.7 Å². The van der Waals surface area contributed by atoms with Crippen LogP contribution < -0.4 is 15.9 Å². The van der Waals surface area contributed by atoms with Gasteiger partial charge >= 0.3 is 0 Å². The average Bonchev–Trinajstić information content (AvgIpc) is 3.38. The second kappa shape index (κ2) is 9.29. The zero-order chi connectivity index (χ0) is 24.6. The van der Waals surface area contributed by atoms with E-state index in [2.05, 4.69) is 5.32 Å². The molecule has 0 spiro atoms. The Balaban J connectivity index is 1.39. The lowest BCUT2D eigenvalue weighted by Crippen LogP contribution is -2.50. The van der Waals surface area contributed by atoms with Gasteiger partial charge in [-0.2, -0.15) is 0 Å². The molecule has 0 saturated heterocycles. The van der Waals surface area contributed by atoms with E-state index in [1.165, 1.54) is 23.9 Å². The highest BCUT2D eigenvalue weighted by Crippen LogP contribution is 2.34. The van der Waals surface area contributed by atoms with E-state index >= 15 is 0 Å². The number of amides is 1. The zero-order valence-corrected chi connectivity index (χ0v) is 20.3. The van der Waals surface area contributed by atoms with Crippen LogP contribution in [0.4, 0.5) is 4.39 Å². The number of nitrogens with zero attached hydrogens (tertiary/aromatic N) is 3. The fourth-order valence-electron chi connectivity index (χ4n) is 4.10. The molecule has 9 heteroatoms. The topological polar surface area (TPSA) is 70.2 Å². The van der Waals surface area contributed by atoms with Gasteiger partial charge in [0.2, 0.25) is 6.17 Å². The molecule has 1 aromatic heterocycles.